The lowest BCUT2D eigenvalue weighted by atomic mass is 10.2. The number of carbonyl (C=O) groups is 2. The Morgan fingerprint density at radius 3 is 2.46 bits per heavy atom. The van der Waals surface area contributed by atoms with E-state index in [-0.39, 0.29) is 24.7 Å². The van der Waals surface area contributed by atoms with Gasteiger partial charge < -0.3 is 20.3 Å². The van der Waals surface area contributed by atoms with Crippen LogP contribution < -0.4 is 15.5 Å². The predicted molar refractivity (Wildman–Crippen MR) is 93.3 cm³/mol. The van der Waals surface area contributed by atoms with Crippen LogP contribution in [0.5, 0.6) is 0 Å². The molecule has 1 aromatic rings. The number of anilines is 1. The number of quaternary nitrogens is 1. The molecular weight excluding hydrogens is 330 g/mol. The van der Waals surface area contributed by atoms with E-state index >= 15 is 0 Å². The van der Waals surface area contributed by atoms with Crippen LogP contribution in [0.15, 0.2) is 24.3 Å². The van der Waals surface area contributed by atoms with E-state index in [1.165, 1.54) is 4.90 Å². The lowest BCUT2D eigenvalue weighted by molar-refractivity contribution is -0.908. The quantitative estimate of drug-likeness (QED) is 0.595. The van der Waals surface area contributed by atoms with E-state index in [0.29, 0.717) is 17.3 Å². The van der Waals surface area contributed by atoms with Crippen molar-refractivity contribution in [2.45, 2.75) is 19.3 Å². The number of hydrogen-bond acceptors (Lipinski definition) is 3. The average molecular weight is 355 g/mol. The molecule has 0 aliphatic carbocycles. The number of amides is 2. The van der Waals surface area contributed by atoms with Crippen molar-refractivity contribution in [2.75, 3.05) is 44.7 Å². The van der Waals surface area contributed by atoms with E-state index in [4.69, 9.17) is 16.3 Å². The van der Waals surface area contributed by atoms with Crippen molar-refractivity contribution in [2.24, 2.45) is 0 Å². The van der Waals surface area contributed by atoms with Gasteiger partial charge in [0.2, 0.25) is 11.8 Å². The fraction of sp³-hybridized carbons (Fsp3) is 0.529. The highest BCUT2D eigenvalue weighted by atomic mass is 35.5. The molecule has 1 saturated heterocycles. The minimum absolute atomic E-state index is 0.0850. The van der Waals surface area contributed by atoms with E-state index in [2.05, 4.69) is 10.6 Å². The smallest absolute Gasteiger partial charge is 0.224 e. The second-order valence-corrected chi connectivity index (χ2v) is 6.31. The first-order valence-corrected chi connectivity index (χ1v) is 8.75. The van der Waals surface area contributed by atoms with Gasteiger partial charge in [0.15, 0.2) is 0 Å². The summed E-state index contributed by atoms with van der Waals surface area (Å²) in [5.74, 6) is -0.261. The zero-order chi connectivity index (χ0) is 17.2. The topological polar surface area (TPSA) is 71.9 Å². The Kier molecular flexibility index (Phi) is 8.01. The Labute approximate surface area is 147 Å². The van der Waals surface area contributed by atoms with Crippen LogP contribution in [-0.4, -0.2) is 51.2 Å². The molecule has 0 aromatic heterocycles. The molecule has 0 unspecified atom stereocenters. The van der Waals surface area contributed by atoms with E-state index in [1.54, 1.807) is 24.3 Å². The van der Waals surface area contributed by atoms with Crippen LogP contribution in [0, 0.1) is 0 Å². The molecule has 2 rings (SSSR count). The molecule has 1 heterocycles. The van der Waals surface area contributed by atoms with Crippen molar-refractivity contribution in [1.82, 2.24) is 5.32 Å². The zero-order valence-electron chi connectivity index (χ0n) is 13.8. The molecule has 0 atom stereocenters. The summed E-state index contributed by atoms with van der Waals surface area (Å²) in [6.45, 7) is 5.43. The fourth-order valence-electron chi connectivity index (χ4n) is 2.55. The van der Waals surface area contributed by atoms with Gasteiger partial charge in [0.05, 0.1) is 19.8 Å². The second-order valence-electron chi connectivity index (χ2n) is 5.87. The number of carbonyl (C=O) groups excluding carboxylic acids is 2. The lowest BCUT2D eigenvalue weighted by Gasteiger charge is -2.23. The van der Waals surface area contributed by atoms with Crippen LogP contribution in [0.4, 0.5) is 5.69 Å². The number of benzene rings is 1. The van der Waals surface area contributed by atoms with E-state index in [0.717, 1.165) is 39.3 Å². The van der Waals surface area contributed by atoms with Crippen molar-refractivity contribution in [3.05, 3.63) is 29.3 Å². The summed E-state index contributed by atoms with van der Waals surface area (Å²) in [4.78, 5) is 25.1. The third-order valence-electron chi connectivity index (χ3n) is 3.94. The monoisotopic (exact) mass is 354 g/mol. The Bertz CT molecular complexity index is 530. The maximum Gasteiger partial charge on any atom is 0.224 e. The first kappa shape index (κ1) is 18.7. The molecule has 2 amide bonds. The Balaban J connectivity index is 1.53. The second kappa shape index (κ2) is 10.3. The summed E-state index contributed by atoms with van der Waals surface area (Å²) in [6.07, 6.45) is 1.31. The third kappa shape index (κ3) is 7.29. The van der Waals surface area contributed by atoms with E-state index in [1.807, 2.05) is 0 Å². The highest BCUT2D eigenvalue weighted by Crippen LogP contribution is 2.13. The van der Waals surface area contributed by atoms with Gasteiger partial charge in [-0.1, -0.05) is 11.6 Å². The summed E-state index contributed by atoms with van der Waals surface area (Å²) in [6, 6.07) is 6.88. The highest BCUT2D eigenvalue weighted by molar-refractivity contribution is 6.30. The fourth-order valence-corrected chi connectivity index (χ4v) is 2.67. The van der Waals surface area contributed by atoms with Gasteiger partial charge >= 0.3 is 0 Å². The Morgan fingerprint density at radius 1 is 1.08 bits per heavy atom. The number of hydrogen-bond donors (Lipinski definition) is 3. The van der Waals surface area contributed by atoms with Gasteiger partial charge in [0, 0.05) is 36.5 Å². The molecule has 0 radical (unpaired) electrons. The minimum atomic E-state index is -0.176. The number of ether oxygens (including phenoxy) is 1. The van der Waals surface area contributed by atoms with Gasteiger partial charge in [-0.2, -0.15) is 0 Å². The maximum atomic E-state index is 11.8. The van der Waals surface area contributed by atoms with Gasteiger partial charge in [-0.25, -0.2) is 0 Å². The maximum absolute atomic E-state index is 11.8. The first-order chi connectivity index (χ1) is 11.6. The Morgan fingerprint density at radius 2 is 1.75 bits per heavy atom. The first-order valence-electron chi connectivity index (χ1n) is 8.37. The van der Waals surface area contributed by atoms with Gasteiger partial charge in [0.25, 0.3) is 0 Å². The molecule has 132 valence electrons. The number of rotatable bonds is 8. The molecule has 0 spiro atoms. The lowest BCUT2D eigenvalue weighted by Crippen LogP contribution is -3.14. The Hall–Kier alpha value is -1.63. The van der Waals surface area contributed by atoms with Crippen molar-refractivity contribution < 1.29 is 19.2 Å². The molecule has 1 fully saturated rings. The van der Waals surface area contributed by atoms with Gasteiger partial charge in [-0.05, 0) is 24.3 Å². The summed E-state index contributed by atoms with van der Waals surface area (Å²) in [5.41, 5.74) is 0.679. The number of morpholine rings is 1. The van der Waals surface area contributed by atoms with Crippen LogP contribution >= 0.6 is 11.6 Å². The number of halogens is 1. The van der Waals surface area contributed by atoms with Crippen molar-refractivity contribution >= 4 is 29.1 Å². The van der Waals surface area contributed by atoms with Crippen LogP contribution in [-0.2, 0) is 14.3 Å². The van der Waals surface area contributed by atoms with Gasteiger partial charge in [-0.15, -0.1) is 0 Å². The summed E-state index contributed by atoms with van der Waals surface area (Å²) < 4.78 is 5.31. The molecule has 1 aromatic carbocycles. The molecule has 24 heavy (non-hydrogen) atoms. The molecule has 0 bridgehead atoms. The standard InChI is InChI=1S/C17H24ClN3O3/c18-14-2-4-15(5-3-14)20-17(23)7-6-16(22)19-8-1-9-21-10-12-24-13-11-21/h2-5H,1,6-13H2,(H,19,22)(H,20,23)/p+1. The minimum Gasteiger partial charge on any atom is -0.370 e. The summed E-state index contributed by atoms with van der Waals surface area (Å²) >= 11 is 5.79. The van der Waals surface area contributed by atoms with Crippen molar-refractivity contribution in [3.8, 4) is 0 Å². The molecule has 0 saturated carbocycles. The predicted octanol–water partition coefficient (Wildman–Crippen LogP) is 0.480. The van der Waals surface area contributed by atoms with E-state index in [9.17, 15) is 9.59 Å². The van der Waals surface area contributed by atoms with Crippen LogP contribution in [0.3, 0.4) is 0 Å². The molecule has 1 aliphatic rings. The molecular formula is C17H25ClN3O3+. The molecule has 6 nitrogen and oxygen atoms in total. The largest absolute Gasteiger partial charge is 0.370 e. The molecule has 3 N–H and O–H groups in total. The SMILES string of the molecule is O=C(CCC(=O)Nc1ccc(Cl)cc1)NCCC[NH+]1CCOCC1. The van der Waals surface area contributed by atoms with Crippen molar-refractivity contribution in [1.29, 1.82) is 0 Å². The summed E-state index contributed by atoms with van der Waals surface area (Å²) in [7, 11) is 0. The van der Waals surface area contributed by atoms with Gasteiger partial charge in [-0.3, -0.25) is 9.59 Å². The van der Waals surface area contributed by atoms with E-state index < -0.39 is 0 Å². The van der Waals surface area contributed by atoms with Crippen molar-refractivity contribution in [3.63, 3.8) is 0 Å². The normalized spacial score (nSPS) is 15.0. The van der Waals surface area contributed by atoms with Crippen LogP contribution in [0.1, 0.15) is 19.3 Å². The summed E-state index contributed by atoms with van der Waals surface area (Å²) in [5, 5.41) is 6.23. The third-order valence-corrected chi connectivity index (χ3v) is 4.19. The number of nitrogens with one attached hydrogen (secondary N) is 3. The van der Waals surface area contributed by atoms with Crippen LogP contribution in [0.2, 0.25) is 5.02 Å². The zero-order valence-corrected chi connectivity index (χ0v) is 14.5. The molecule has 7 heteroatoms. The van der Waals surface area contributed by atoms with Gasteiger partial charge in [0.1, 0.15) is 13.1 Å². The highest BCUT2D eigenvalue weighted by Gasteiger charge is 2.13. The average Bonchev–Trinajstić information content (AvgIpc) is 2.60. The van der Waals surface area contributed by atoms with Crippen LogP contribution in [0.25, 0.3) is 0 Å². The molecule has 1 aliphatic heterocycles.